The lowest BCUT2D eigenvalue weighted by Crippen LogP contribution is -2.27. The van der Waals surface area contributed by atoms with E-state index < -0.39 is 0 Å². The highest BCUT2D eigenvalue weighted by atomic mass is 35.5. The van der Waals surface area contributed by atoms with E-state index in [9.17, 15) is 9.59 Å². The van der Waals surface area contributed by atoms with Crippen molar-refractivity contribution in [3.05, 3.63) is 34.9 Å². The lowest BCUT2D eigenvalue weighted by Gasteiger charge is -2.21. The van der Waals surface area contributed by atoms with Gasteiger partial charge in [0.25, 0.3) is 5.91 Å². The van der Waals surface area contributed by atoms with Crippen LogP contribution >= 0.6 is 11.6 Å². The Kier molecular flexibility index (Phi) is 6.72. The number of carbonyl (C=O) groups is 2. The summed E-state index contributed by atoms with van der Waals surface area (Å²) in [5.41, 5.74) is 0.528. The average Bonchev–Trinajstić information content (AvgIpc) is 2.54. The zero-order chi connectivity index (χ0) is 15.8. The first-order valence-electron chi connectivity index (χ1n) is 7.84. The van der Waals surface area contributed by atoms with Crippen LogP contribution in [0.4, 0.5) is 0 Å². The van der Waals surface area contributed by atoms with E-state index in [2.05, 4.69) is 5.32 Å². The van der Waals surface area contributed by atoms with Crippen molar-refractivity contribution in [1.29, 1.82) is 0 Å². The molecule has 1 aromatic rings. The normalized spacial score (nSPS) is 15.3. The maximum absolute atomic E-state index is 11.8. The predicted molar refractivity (Wildman–Crippen MR) is 85.9 cm³/mol. The Bertz CT molecular complexity index is 495. The molecule has 0 aliphatic heterocycles. The number of hydrogen-bond donors (Lipinski definition) is 1. The van der Waals surface area contributed by atoms with Crippen LogP contribution in [0, 0.1) is 5.92 Å². The first-order valence-corrected chi connectivity index (χ1v) is 8.22. The maximum atomic E-state index is 11.8. The number of nitrogens with one attached hydrogen (secondary N) is 1. The van der Waals surface area contributed by atoms with Crippen molar-refractivity contribution < 1.29 is 14.3 Å². The molecule has 1 aliphatic rings. The highest BCUT2D eigenvalue weighted by Gasteiger charge is 2.15. The van der Waals surface area contributed by atoms with Crippen LogP contribution in [-0.4, -0.2) is 25.0 Å². The van der Waals surface area contributed by atoms with Crippen LogP contribution in [0.25, 0.3) is 0 Å². The number of ether oxygens (including phenoxy) is 1. The van der Waals surface area contributed by atoms with Crippen molar-refractivity contribution >= 4 is 23.5 Å². The molecule has 0 atom stereocenters. The molecule has 0 radical (unpaired) electrons. The van der Waals surface area contributed by atoms with Crippen LogP contribution in [0.5, 0.6) is 0 Å². The third-order valence-electron chi connectivity index (χ3n) is 3.93. The van der Waals surface area contributed by atoms with E-state index in [0.29, 0.717) is 23.1 Å². The second-order valence-corrected chi connectivity index (χ2v) is 6.14. The van der Waals surface area contributed by atoms with Gasteiger partial charge in [-0.2, -0.15) is 0 Å². The van der Waals surface area contributed by atoms with Crippen molar-refractivity contribution in [2.45, 2.75) is 38.5 Å². The second-order valence-electron chi connectivity index (χ2n) is 5.70. The number of rotatable bonds is 6. The van der Waals surface area contributed by atoms with Gasteiger partial charge in [0.15, 0.2) is 0 Å². The molecule has 4 nitrogen and oxygen atoms in total. The smallest absolute Gasteiger partial charge is 0.307 e. The van der Waals surface area contributed by atoms with Crippen LogP contribution in [0.2, 0.25) is 5.02 Å². The van der Waals surface area contributed by atoms with Crippen molar-refractivity contribution in [2.75, 3.05) is 13.2 Å². The maximum Gasteiger partial charge on any atom is 0.307 e. The molecule has 1 fully saturated rings. The minimum absolute atomic E-state index is 0.200. The molecule has 0 unspecified atom stereocenters. The summed E-state index contributed by atoms with van der Waals surface area (Å²) in [6, 6.07) is 6.63. The average molecular weight is 324 g/mol. The Morgan fingerprint density at radius 2 is 1.82 bits per heavy atom. The van der Waals surface area contributed by atoms with Gasteiger partial charge >= 0.3 is 5.97 Å². The zero-order valence-electron chi connectivity index (χ0n) is 12.6. The lowest BCUT2D eigenvalue weighted by atomic mass is 9.90. The molecular formula is C17H22ClNO3. The van der Waals surface area contributed by atoms with Gasteiger partial charge in [0.1, 0.15) is 0 Å². The monoisotopic (exact) mass is 323 g/mol. The molecule has 0 aromatic heterocycles. The SMILES string of the molecule is O=C(CCNC(=O)c1ccc(Cl)cc1)OCC1CCCCC1. The van der Waals surface area contributed by atoms with Crippen LogP contribution in [0.15, 0.2) is 24.3 Å². The number of benzene rings is 1. The third-order valence-corrected chi connectivity index (χ3v) is 4.18. The van der Waals surface area contributed by atoms with Gasteiger partial charge in [-0.1, -0.05) is 30.9 Å². The van der Waals surface area contributed by atoms with Gasteiger partial charge in [-0.25, -0.2) is 0 Å². The van der Waals surface area contributed by atoms with Crippen molar-refractivity contribution in [3.63, 3.8) is 0 Å². The number of halogens is 1. The predicted octanol–water partition coefficient (Wildman–Crippen LogP) is 3.58. The summed E-state index contributed by atoms with van der Waals surface area (Å²) < 4.78 is 5.28. The van der Waals surface area contributed by atoms with Crippen molar-refractivity contribution in [3.8, 4) is 0 Å². The Balaban J connectivity index is 1.61. The zero-order valence-corrected chi connectivity index (χ0v) is 13.4. The summed E-state index contributed by atoms with van der Waals surface area (Å²) in [5.74, 6) is 0.0556. The van der Waals surface area contributed by atoms with Gasteiger partial charge < -0.3 is 10.1 Å². The molecule has 5 heteroatoms. The molecule has 1 saturated carbocycles. The number of amides is 1. The van der Waals surface area contributed by atoms with Crippen LogP contribution in [-0.2, 0) is 9.53 Å². The molecule has 0 heterocycles. The summed E-state index contributed by atoms with van der Waals surface area (Å²) in [6.45, 7) is 0.801. The summed E-state index contributed by atoms with van der Waals surface area (Å²) >= 11 is 5.77. The van der Waals surface area contributed by atoms with Crippen molar-refractivity contribution in [1.82, 2.24) is 5.32 Å². The minimum atomic E-state index is -0.248. The highest BCUT2D eigenvalue weighted by molar-refractivity contribution is 6.30. The minimum Gasteiger partial charge on any atom is -0.465 e. The van der Waals surface area contributed by atoms with Gasteiger partial charge in [0.05, 0.1) is 13.0 Å². The molecule has 0 saturated heterocycles. The van der Waals surface area contributed by atoms with Gasteiger partial charge in [-0.05, 0) is 43.0 Å². The van der Waals surface area contributed by atoms with Crippen LogP contribution in [0.1, 0.15) is 48.9 Å². The van der Waals surface area contributed by atoms with Gasteiger partial charge in [-0.3, -0.25) is 9.59 Å². The molecule has 1 aliphatic carbocycles. The van der Waals surface area contributed by atoms with E-state index in [1.807, 2.05) is 0 Å². The summed E-state index contributed by atoms with van der Waals surface area (Å²) in [6.07, 6.45) is 6.27. The quantitative estimate of drug-likeness (QED) is 0.814. The third kappa shape index (κ3) is 5.68. The molecule has 0 bridgehead atoms. The molecule has 1 N–H and O–H groups in total. The summed E-state index contributed by atoms with van der Waals surface area (Å²) in [7, 11) is 0. The van der Waals surface area contributed by atoms with E-state index >= 15 is 0 Å². The van der Waals surface area contributed by atoms with Crippen LogP contribution < -0.4 is 5.32 Å². The molecule has 0 spiro atoms. The topological polar surface area (TPSA) is 55.4 Å². The molecule has 120 valence electrons. The molecule has 22 heavy (non-hydrogen) atoms. The fourth-order valence-electron chi connectivity index (χ4n) is 2.62. The molecule has 2 rings (SSSR count). The number of carbonyl (C=O) groups excluding carboxylic acids is 2. The molecular weight excluding hydrogens is 302 g/mol. The Labute approximate surface area is 136 Å². The fraction of sp³-hybridized carbons (Fsp3) is 0.529. The summed E-state index contributed by atoms with van der Waals surface area (Å²) in [5, 5.41) is 3.29. The molecule has 1 amide bonds. The van der Waals surface area contributed by atoms with Gasteiger partial charge in [0, 0.05) is 17.1 Å². The standard InChI is InChI=1S/C17H22ClNO3/c18-15-8-6-14(7-9-15)17(21)19-11-10-16(20)22-12-13-4-2-1-3-5-13/h6-9,13H,1-5,10-12H2,(H,19,21). The first-order chi connectivity index (χ1) is 10.6. The summed E-state index contributed by atoms with van der Waals surface area (Å²) in [4.78, 5) is 23.5. The second kappa shape index (κ2) is 8.79. The van der Waals surface area contributed by atoms with E-state index in [-0.39, 0.29) is 24.8 Å². The fourth-order valence-corrected chi connectivity index (χ4v) is 2.74. The van der Waals surface area contributed by atoms with Gasteiger partial charge in [0.2, 0.25) is 0 Å². The number of esters is 1. The van der Waals surface area contributed by atoms with Gasteiger partial charge in [-0.15, -0.1) is 0 Å². The Morgan fingerprint density at radius 1 is 1.14 bits per heavy atom. The Hall–Kier alpha value is -1.55. The highest BCUT2D eigenvalue weighted by Crippen LogP contribution is 2.23. The molecule has 1 aromatic carbocycles. The van der Waals surface area contributed by atoms with Crippen LogP contribution in [0.3, 0.4) is 0 Å². The van der Waals surface area contributed by atoms with Crippen molar-refractivity contribution in [2.24, 2.45) is 5.92 Å². The van der Waals surface area contributed by atoms with E-state index in [1.165, 1.54) is 19.3 Å². The lowest BCUT2D eigenvalue weighted by molar-refractivity contribution is -0.145. The Morgan fingerprint density at radius 3 is 2.50 bits per heavy atom. The first kappa shape index (κ1) is 16.8. The van der Waals surface area contributed by atoms with E-state index in [4.69, 9.17) is 16.3 Å². The van der Waals surface area contributed by atoms with E-state index in [0.717, 1.165) is 12.8 Å². The van der Waals surface area contributed by atoms with E-state index in [1.54, 1.807) is 24.3 Å². The largest absolute Gasteiger partial charge is 0.465 e. The number of hydrogen-bond acceptors (Lipinski definition) is 3.